The molecule has 0 saturated heterocycles. The van der Waals surface area contributed by atoms with E-state index in [1.807, 2.05) is 18.2 Å². The number of amides is 1. The van der Waals surface area contributed by atoms with Gasteiger partial charge < -0.3 is 14.5 Å². The Hall–Kier alpha value is -2.56. The molecule has 0 aliphatic rings. The van der Waals surface area contributed by atoms with Crippen LogP contribution in [0, 0.1) is 0 Å². The van der Waals surface area contributed by atoms with Crippen molar-refractivity contribution in [2.45, 2.75) is 0 Å². The molecule has 1 amide bonds. The van der Waals surface area contributed by atoms with Crippen molar-refractivity contribution in [3.8, 4) is 17.1 Å². The Bertz CT molecular complexity index is 590. The van der Waals surface area contributed by atoms with Gasteiger partial charge in [0.15, 0.2) is 17.8 Å². The van der Waals surface area contributed by atoms with Gasteiger partial charge in [-0.3, -0.25) is 4.79 Å². The van der Waals surface area contributed by atoms with E-state index in [0.29, 0.717) is 18.1 Å². The van der Waals surface area contributed by atoms with Gasteiger partial charge in [-0.25, -0.2) is 4.98 Å². The van der Waals surface area contributed by atoms with Gasteiger partial charge in [-0.05, 0) is 12.1 Å². The fraction of sp³-hybridized carbons (Fsp3) is 0.143. The second kappa shape index (κ2) is 5.86. The number of hydrogen-bond donors (Lipinski definition) is 1. The molecule has 5 nitrogen and oxygen atoms in total. The van der Waals surface area contributed by atoms with E-state index in [1.54, 1.807) is 19.3 Å². The molecule has 0 fully saturated rings. The highest BCUT2D eigenvalue weighted by Crippen LogP contribution is 2.26. The number of nitrogens with one attached hydrogen (secondary N) is 1. The summed E-state index contributed by atoms with van der Waals surface area (Å²) in [5.41, 5.74) is 0.982. The number of carbonyl (C=O) groups is 1. The zero-order valence-electron chi connectivity index (χ0n) is 10.6. The molecule has 0 radical (unpaired) electrons. The molecule has 0 spiro atoms. The van der Waals surface area contributed by atoms with Gasteiger partial charge in [0.2, 0.25) is 0 Å². The number of rotatable bonds is 5. The lowest BCUT2D eigenvalue weighted by Crippen LogP contribution is -2.24. The van der Waals surface area contributed by atoms with E-state index in [0.717, 1.165) is 5.56 Å². The third-order valence-electron chi connectivity index (χ3n) is 2.52. The molecule has 5 heteroatoms. The molecule has 2 aromatic rings. The molecule has 2 rings (SSSR count). The van der Waals surface area contributed by atoms with Crippen molar-refractivity contribution in [3.05, 3.63) is 49.0 Å². The number of oxazole rings is 1. The Labute approximate surface area is 110 Å². The summed E-state index contributed by atoms with van der Waals surface area (Å²) in [5, 5.41) is 2.66. The molecule has 19 heavy (non-hydrogen) atoms. The van der Waals surface area contributed by atoms with Gasteiger partial charge in [0.25, 0.3) is 5.91 Å². The first-order chi connectivity index (χ1) is 9.26. The maximum absolute atomic E-state index is 11.9. The van der Waals surface area contributed by atoms with Gasteiger partial charge in [0.1, 0.15) is 5.75 Å². The first kappa shape index (κ1) is 12.9. The van der Waals surface area contributed by atoms with Gasteiger partial charge in [0.05, 0.1) is 7.11 Å². The molecule has 0 saturated carbocycles. The molecule has 1 N–H and O–H groups in total. The van der Waals surface area contributed by atoms with Crippen molar-refractivity contribution in [2.75, 3.05) is 13.7 Å². The van der Waals surface area contributed by atoms with E-state index in [-0.39, 0.29) is 11.6 Å². The van der Waals surface area contributed by atoms with Gasteiger partial charge in [0, 0.05) is 12.1 Å². The number of aromatic nitrogens is 1. The van der Waals surface area contributed by atoms with Crippen LogP contribution in [0.15, 0.2) is 47.7 Å². The maximum atomic E-state index is 11.9. The Morgan fingerprint density at radius 2 is 2.42 bits per heavy atom. The van der Waals surface area contributed by atoms with E-state index in [9.17, 15) is 4.79 Å². The first-order valence-electron chi connectivity index (χ1n) is 5.73. The van der Waals surface area contributed by atoms with Crippen molar-refractivity contribution in [1.82, 2.24) is 10.3 Å². The minimum Gasteiger partial charge on any atom is -0.497 e. The zero-order chi connectivity index (χ0) is 13.7. The highest BCUT2D eigenvalue weighted by Gasteiger charge is 2.17. The summed E-state index contributed by atoms with van der Waals surface area (Å²) in [6, 6.07) is 7.25. The molecule has 0 unspecified atom stereocenters. The first-order valence-corrected chi connectivity index (χ1v) is 5.73. The smallest absolute Gasteiger partial charge is 0.274 e. The van der Waals surface area contributed by atoms with E-state index >= 15 is 0 Å². The highest BCUT2D eigenvalue weighted by atomic mass is 16.5. The lowest BCUT2D eigenvalue weighted by atomic mass is 10.1. The second-order valence-electron chi connectivity index (χ2n) is 3.76. The Balaban J connectivity index is 2.32. The lowest BCUT2D eigenvalue weighted by Gasteiger charge is -2.04. The molecule has 0 atom stereocenters. The van der Waals surface area contributed by atoms with Crippen LogP contribution in [0.1, 0.15) is 10.5 Å². The summed E-state index contributed by atoms with van der Waals surface area (Å²) in [7, 11) is 1.58. The molecule has 1 heterocycles. The van der Waals surface area contributed by atoms with Crippen LogP contribution in [-0.4, -0.2) is 24.5 Å². The zero-order valence-corrected chi connectivity index (χ0v) is 10.6. The van der Waals surface area contributed by atoms with Crippen LogP contribution >= 0.6 is 0 Å². The van der Waals surface area contributed by atoms with E-state index in [4.69, 9.17) is 9.15 Å². The van der Waals surface area contributed by atoms with Crippen molar-refractivity contribution in [1.29, 1.82) is 0 Å². The summed E-state index contributed by atoms with van der Waals surface area (Å²) >= 11 is 0. The lowest BCUT2D eigenvalue weighted by molar-refractivity contribution is 0.0954. The monoisotopic (exact) mass is 258 g/mol. The number of benzene rings is 1. The van der Waals surface area contributed by atoms with Crippen LogP contribution in [0.25, 0.3) is 11.3 Å². The Morgan fingerprint density at radius 1 is 1.58 bits per heavy atom. The third-order valence-corrected chi connectivity index (χ3v) is 2.52. The number of carbonyl (C=O) groups excluding carboxylic acids is 1. The molecule has 0 aliphatic heterocycles. The topological polar surface area (TPSA) is 64.4 Å². The van der Waals surface area contributed by atoms with Crippen molar-refractivity contribution >= 4 is 5.91 Å². The highest BCUT2D eigenvalue weighted by molar-refractivity contribution is 5.97. The quantitative estimate of drug-likeness (QED) is 0.835. The van der Waals surface area contributed by atoms with Crippen LogP contribution in [-0.2, 0) is 0 Å². The van der Waals surface area contributed by atoms with Crippen molar-refractivity contribution < 1.29 is 13.9 Å². The number of ether oxygens (including phenoxy) is 1. The predicted molar refractivity (Wildman–Crippen MR) is 71.0 cm³/mol. The number of nitrogens with zero attached hydrogens (tertiary/aromatic N) is 1. The van der Waals surface area contributed by atoms with Gasteiger partial charge in [-0.1, -0.05) is 18.2 Å². The van der Waals surface area contributed by atoms with Crippen molar-refractivity contribution in [3.63, 3.8) is 0 Å². The molecule has 0 aliphatic carbocycles. The van der Waals surface area contributed by atoms with E-state index < -0.39 is 0 Å². The van der Waals surface area contributed by atoms with Crippen LogP contribution in [0.2, 0.25) is 0 Å². The third kappa shape index (κ3) is 2.82. The number of methoxy groups -OCH3 is 1. The second-order valence-corrected chi connectivity index (χ2v) is 3.76. The fourth-order valence-electron chi connectivity index (χ4n) is 1.63. The average Bonchev–Trinajstić information content (AvgIpc) is 2.94. The van der Waals surface area contributed by atoms with Gasteiger partial charge >= 0.3 is 0 Å². The van der Waals surface area contributed by atoms with Crippen LogP contribution in [0.4, 0.5) is 0 Å². The molecule has 98 valence electrons. The summed E-state index contributed by atoms with van der Waals surface area (Å²) in [6.45, 7) is 3.92. The normalized spacial score (nSPS) is 9.95. The average molecular weight is 258 g/mol. The summed E-state index contributed by atoms with van der Waals surface area (Å²) in [5.74, 6) is 0.804. The molecule has 0 bridgehead atoms. The fourth-order valence-corrected chi connectivity index (χ4v) is 1.63. The summed E-state index contributed by atoms with van der Waals surface area (Å²) in [4.78, 5) is 15.8. The molecule has 1 aromatic carbocycles. The summed E-state index contributed by atoms with van der Waals surface area (Å²) in [6.07, 6.45) is 2.85. The SMILES string of the molecule is C=CCNC(=O)c1ncoc1-c1cccc(OC)c1. The van der Waals surface area contributed by atoms with E-state index in [1.165, 1.54) is 6.39 Å². The molecule has 1 aromatic heterocycles. The van der Waals surface area contributed by atoms with Crippen LogP contribution < -0.4 is 10.1 Å². The standard InChI is InChI=1S/C14H14N2O3/c1-3-7-15-14(17)12-13(19-9-16-12)10-5-4-6-11(8-10)18-2/h3-6,8-9H,1,7H2,2H3,(H,15,17). The minimum atomic E-state index is -0.300. The minimum absolute atomic E-state index is 0.245. The van der Waals surface area contributed by atoms with Crippen LogP contribution in [0.3, 0.4) is 0 Å². The largest absolute Gasteiger partial charge is 0.497 e. The van der Waals surface area contributed by atoms with Gasteiger partial charge in [-0.2, -0.15) is 0 Å². The Morgan fingerprint density at radius 3 is 3.16 bits per heavy atom. The molecular weight excluding hydrogens is 244 g/mol. The van der Waals surface area contributed by atoms with E-state index in [2.05, 4.69) is 16.9 Å². The maximum Gasteiger partial charge on any atom is 0.274 e. The van der Waals surface area contributed by atoms with Crippen LogP contribution in [0.5, 0.6) is 5.75 Å². The van der Waals surface area contributed by atoms with Crippen molar-refractivity contribution in [2.24, 2.45) is 0 Å². The van der Waals surface area contributed by atoms with Gasteiger partial charge in [-0.15, -0.1) is 6.58 Å². The molecular formula is C14H14N2O3. The predicted octanol–water partition coefficient (Wildman–Crippen LogP) is 2.27. The Kier molecular flexibility index (Phi) is 3.97. The number of hydrogen-bond acceptors (Lipinski definition) is 4. The summed E-state index contributed by atoms with van der Waals surface area (Å²) < 4.78 is 10.4.